The Bertz CT molecular complexity index is 1210. The van der Waals surface area contributed by atoms with Crippen LogP contribution in [-0.2, 0) is 11.0 Å². The van der Waals surface area contributed by atoms with Crippen LogP contribution in [0.3, 0.4) is 0 Å². The van der Waals surface area contributed by atoms with Gasteiger partial charge in [0.25, 0.3) is 0 Å². The second-order valence-corrected chi connectivity index (χ2v) is 10.0. The van der Waals surface area contributed by atoms with Crippen LogP contribution in [-0.4, -0.2) is 29.0 Å². The van der Waals surface area contributed by atoms with Crippen molar-refractivity contribution in [1.29, 1.82) is 0 Å². The van der Waals surface area contributed by atoms with Crippen LogP contribution in [0.2, 0.25) is 0 Å². The van der Waals surface area contributed by atoms with Gasteiger partial charge in [-0.25, -0.2) is 9.97 Å². The van der Waals surface area contributed by atoms with Gasteiger partial charge < -0.3 is 10.6 Å². The monoisotopic (exact) mass is 500 g/mol. The number of aromatic nitrogens is 2. The SMILES string of the molecule is CC(C)c1ccccc1Sc1ccc(-c2cc(N3CCC(C(N)=O)CC3)ncn2)cc1C(F)(F)F. The summed E-state index contributed by atoms with van der Waals surface area (Å²) in [4.78, 5) is 22.9. The van der Waals surface area contributed by atoms with E-state index in [9.17, 15) is 18.0 Å². The second-order valence-electron chi connectivity index (χ2n) is 8.93. The first kappa shape index (κ1) is 25.0. The molecule has 3 aromatic rings. The Kier molecular flexibility index (Phi) is 7.35. The Hall–Kier alpha value is -3.07. The van der Waals surface area contributed by atoms with E-state index in [0.29, 0.717) is 43.0 Å². The Balaban J connectivity index is 1.64. The molecule has 0 aliphatic carbocycles. The maximum atomic E-state index is 14.1. The molecule has 184 valence electrons. The number of benzene rings is 2. The minimum Gasteiger partial charge on any atom is -0.369 e. The van der Waals surface area contributed by atoms with E-state index >= 15 is 0 Å². The Morgan fingerprint density at radius 2 is 1.77 bits per heavy atom. The van der Waals surface area contributed by atoms with Gasteiger partial charge in [-0.3, -0.25) is 4.79 Å². The summed E-state index contributed by atoms with van der Waals surface area (Å²) in [5.74, 6) is 0.352. The molecule has 0 unspecified atom stereocenters. The molecule has 1 fully saturated rings. The Morgan fingerprint density at radius 3 is 2.43 bits per heavy atom. The number of anilines is 1. The van der Waals surface area contributed by atoms with Gasteiger partial charge in [-0.15, -0.1) is 0 Å². The van der Waals surface area contributed by atoms with Crippen LogP contribution in [0.4, 0.5) is 19.0 Å². The minimum absolute atomic E-state index is 0.150. The van der Waals surface area contributed by atoms with Crippen LogP contribution in [0, 0.1) is 5.92 Å². The number of halogens is 3. The third kappa shape index (κ3) is 5.78. The number of nitrogens with two attached hydrogens (primary N) is 1. The number of nitrogens with zero attached hydrogens (tertiary/aromatic N) is 3. The summed E-state index contributed by atoms with van der Waals surface area (Å²) >= 11 is 1.13. The van der Waals surface area contributed by atoms with E-state index in [0.717, 1.165) is 28.3 Å². The first-order chi connectivity index (χ1) is 16.6. The number of rotatable bonds is 6. The zero-order valence-electron chi connectivity index (χ0n) is 19.5. The fourth-order valence-electron chi connectivity index (χ4n) is 4.24. The smallest absolute Gasteiger partial charge is 0.369 e. The summed E-state index contributed by atoms with van der Waals surface area (Å²) in [7, 11) is 0. The summed E-state index contributed by atoms with van der Waals surface area (Å²) in [5.41, 5.74) is 6.51. The van der Waals surface area contributed by atoms with Crippen molar-refractivity contribution >= 4 is 23.5 Å². The van der Waals surface area contributed by atoms with Crippen molar-refractivity contribution in [3.05, 3.63) is 66.0 Å². The summed E-state index contributed by atoms with van der Waals surface area (Å²) in [6.07, 6.45) is -1.91. The number of piperidine rings is 1. The lowest BCUT2D eigenvalue weighted by Crippen LogP contribution is -2.38. The average molecular weight is 501 g/mol. The van der Waals surface area contributed by atoms with E-state index in [1.807, 2.05) is 43.0 Å². The Labute approximate surface area is 207 Å². The maximum absolute atomic E-state index is 14.1. The van der Waals surface area contributed by atoms with Gasteiger partial charge in [0.05, 0.1) is 11.3 Å². The van der Waals surface area contributed by atoms with E-state index in [4.69, 9.17) is 5.73 Å². The molecule has 1 aliphatic heterocycles. The second kappa shape index (κ2) is 10.3. The summed E-state index contributed by atoms with van der Waals surface area (Å²) in [5, 5.41) is 0. The normalized spacial score (nSPS) is 15.0. The number of carbonyl (C=O) groups is 1. The zero-order valence-corrected chi connectivity index (χ0v) is 20.4. The number of primary amides is 1. The highest BCUT2D eigenvalue weighted by Gasteiger charge is 2.34. The average Bonchev–Trinajstić information content (AvgIpc) is 2.84. The number of hydrogen-bond acceptors (Lipinski definition) is 5. The number of carbonyl (C=O) groups excluding carboxylic acids is 1. The molecule has 4 rings (SSSR count). The van der Waals surface area contributed by atoms with Crippen LogP contribution in [0.15, 0.2) is 64.6 Å². The van der Waals surface area contributed by atoms with Crippen molar-refractivity contribution < 1.29 is 18.0 Å². The molecule has 2 aromatic carbocycles. The molecule has 1 amide bonds. The molecule has 0 spiro atoms. The number of alkyl halides is 3. The molecule has 1 aliphatic rings. The quantitative estimate of drug-likeness (QED) is 0.440. The van der Waals surface area contributed by atoms with E-state index < -0.39 is 11.7 Å². The van der Waals surface area contributed by atoms with Crippen LogP contribution < -0.4 is 10.6 Å². The molecular weight excluding hydrogens is 473 g/mol. The number of hydrogen-bond donors (Lipinski definition) is 1. The highest BCUT2D eigenvalue weighted by molar-refractivity contribution is 7.99. The molecule has 35 heavy (non-hydrogen) atoms. The minimum atomic E-state index is -4.52. The van der Waals surface area contributed by atoms with Gasteiger partial charge in [-0.05, 0) is 42.5 Å². The lowest BCUT2D eigenvalue weighted by Gasteiger charge is -2.31. The molecule has 0 atom stereocenters. The van der Waals surface area contributed by atoms with Gasteiger partial charge in [0.2, 0.25) is 5.91 Å². The molecule has 1 aromatic heterocycles. The van der Waals surface area contributed by atoms with Gasteiger partial charge >= 0.3 is 6.18 Å². The maximum Gasteiger partial charge on any atom is 0.417 e. The van der Waals surface area contributed by atoms with Gasteiger partial charge in [0, 0.05) is 40.4 Å². The van der Waals surface area contributed by atoms with Crippen molar-refractivity contribution in [2.45, 2.75) is 48.6 Å². The largest absolute Gasteiger partial charge is 0.417 e. The van der Waals surface area contributed by atoms with Crippen LogP contribution in [0.1, 0.15) is 43.7 Å². The fraction of sp³-hybridized carbons (Fsp3) is 0.346. The molecule has 9 heteroatoms. The standard InChI is InChI=1S/C26H27F3N4OS/c1-16(2)19-5-3-4-6-22(19)35-23-8-7-18(13-20(23)26(27,28)29)21-14-24(32-15-31-21)33-11-9-17(10-12-33)25(30)34/h3-8,13-17H,9-12H2,1-2H3,(H2,30,34). The molecule has 0 radical (unpaired) electrons. The Morgan fingerprint density at radius 1 is 1.06 bits per heavy atom. The molecule has 5 nitrogen and oxygen atoms in total. The molecule has 2 N–H and O–H groups in total. The van der Waals surface area contributed by atoms with Crippen molar-refractivity contribution in [2.24, 2.45) is 11.7 Å². The summed E-state index contributed by atoms with van der Waals surface area (Å²) in [6, 6.07) is 13.6. The van der Waals surface area contributed by atoms with E-state index in [1.54, 1.807) is 12.1 Å². The third-order valence-corrected chi connectivity index (χ3v) is 7.38. The zero-order chi connectivity index (χ0) is 25.2. The predicted octanol–water partition coefficient (Wildman–Crippen LogP) is 6.14. The third-order valence-electron chi connectivity index (χ3n) is 6.22. The van der Waals surface area contributed by atoms with Gasteiger partial charge in [0.15, 0.2) is 0 Å². The highest BCUT2D eigenvalue weighted by atomic mass is 32.2. The predicted molar refractivity (Wildman–Crippen MR) is 131 cm³/mol. The number of amides is 1. The van der Waals surface area contributed by atoms with Crippen molar-refractivity contribution in [3.8, 4) is 11.3 Å². The van der Waals surface area contributed by atoms with Gasteiger partial charge in [-0.1, -0.05) is 49.9 Å². The van der Waals surface area contributed by atoms with Crippen molar-refractivity contribution in [1.82, 2.24) is 9.97 Å². The topological polar surface area (TPSA) is 72.1 Å². The van der Waals surface area contributed by atoms with Crippen LogP contribution in [0.25, 0.3) is 11.3 Å². The molecule has 0 saturated carbocycles. The van der Waals surface area contributed by atoms with Crippen molar-refractivity contribution in [3.63, 3.8) is 0 Å². The first-order valence-corrected chi connectivity index (χ1v) is 12.3. The molecule has 0 bridgehead atoms. The molecular formula is C26H27F3N4OS. The fourth-order valence-corrected chi connectivity index (χ4v) is 5.47. The van der Waals surface area contributed by atoms with E-state index in [2.05, 4.69) is 9.97 Å². The van der Waals surface area contributed by atoms with Gasteiger partial charge in [0.1, 0.15) is 12.1 Å². The first-order valence-electron chi connectivity index (χ1n) is 11.5. The van der Waals surface area contributed by atoms with E-state index in [-0.39, 0.29) is 22.6 Å². The molecule has 1 saturated heterocycles. The van der Waals surface area contributed by atoms with Gasteiger partial charge in [-0.2, -0.15) is 13.2 Å². The lowest BCUT2D eigenvalue weighted by atomic mass is 9.96. The summed E-state index contributed by atoms with van der Waals surface area (Å²) in [6.45, 7) is 5.25. The van der Waals surface area contributed by atoms with Crippen LogP contribution >= 0.6 is 11.8 Å². The highest BCUT2D eigenvalue weighted by Crippen LogP contribution is 2.43. The lowest BCUT2D eigenvalue weighted by molar-refractivity contribution is -0.139. The van der Waals surface area contributed by atoms with Crippen molar-refractivity contribution in [2.75, 3.05) is 18.0 Å². The summed E-state index contributed by atoms with van der Waals surface area (Å²) < 4.78 is 42.3. The molecule has 2 heterocycles. The van der Waals surface area contributed by atoms with E-state index in [1.165, 1.54) is 12.4 Å². The van der Waals surface area contributed by atoms with Crippen LogP contribution in [0.5, 0.6) is 0 Å².